The molecule has 0 atom stereocenters. The number of thioether (sulfide) groups is 1. The zero-order valence-corrected chi connectivity index (χ0v) is 11.8. The van der Waals surface area contributed by atoms with Crippen molar-refractivity contribution in [2.75, 3.05) is 18.6 Å². The lowest BCUT2D eigenvalue weighted by atomic mass is 10.3. The van der Waals surface area contributed by atoms with Gasteiger partial charge in [-0.15, -0.1) is 0 Å². The van der Waals surface area contributed by atoms with Crippen LogP contribution in [0.2, 0.25) is 5.02 Å². The van der Waals surface area contributed by atoms with Gasteiger partial charge in [0.2, 0.25) is 5.88 Å². The Bertz CT molecular complexity index is 575. The summed E-state index contributed by atoms with van der Waals surface area (Å²) in [5.41, 5.74) is 0. The van der Waals surface area contributed by atoms with Crippen LogP contribution >= 0.6 is 23.4 Å². The van der Waals surface area contributed by atoms with E-state index in [1.54, 1.807) is 19.2 Å². The number of rotatable bonds is 4. The molecule has 0 unspecified atom stereocenters. The van der Waals surface area contributed by atoms with Gasteiger partial charge in [0.1, 0.15) is 5.82 Å². The van der Waals surface area contributed by atoms with E-state index >= 15 is 0 Å². The van der Waals surface area contributed by atoms with Gasteiger partial charge < -0.3 is 10.1 Å². The molecule has 1 N–H and O–H groups in total. The average molecular weight is 300 g/mol. The first kappa shape index (κ1) is 13.9. The molecule has 2 aromatic rings. The molecule has 0 radical (unpaired) electrons. The van der Waals surface area contributed by atoms with E-state index in [-0.39, 0.29) is 16.7 Å². The second-order valence-corrected chi connectivity index (χ2v) is 4.66. The third-order valence-electron chi connectivity index (χ3n) is 2.25. The number of halogens is 2. The van der Waals surface area contributed by atoms with Crippen molar-refractivity contribution in [3.63, 3.8) is 0 Å². The molecule has 100 valence electrons. The van der Waals surface area contributed by atoms with E-state index < -0.39 is 5.82 Å². The summed E-state index contributed by atoms with van der Waals surface area (Å²) in [5.74, 6) is 0.265. The Morgan fingerprint density at radius 1 is 1.37 bits per heavy atom. The summed E-state index contributed by atoms with van der Waals surface area (Å²) < 4.78 is 19.1. The molecule has 1 heterocycles. The highest BCUT2D eigenvalue weighted by Crippen LogP contribution is 2.29. The maximum atomic E-state index is 13.7. The molecule has 1 aromatic heterocycles. The van der Waals surface area contributed by atoms with Crippen LogP contribution in [0.1, 0.15) is 0 Å². The summed E-state index contributed by atoms with van der Waals surface area (Å²) in [6.45, 7) is 0. The molecular formula is C12H11ClFN3OS. The summed E-state index contributed by atoms with van der Waals surface area (Å²) in [4.78, 5) is 8.34. The minimum Gasteiger partial charge on any atom is -0.436 e. The number of aromatic nitrogens is 2. The van der Waals surface area contributed by atoms with Gasteiger partial charge in [-0.05, 0) is 18.4 Å². The van der Waals surface area contributed by atoms with Gasteiger partial charge in [-0.3, -0.25) is 0 Å². The van der Waals surface area contributed by atoms with Gasteiger partial charge >= 0.3 is 0 Å². The second kappa shape index (κ2) is 6.08. The zero-order valence-electron chi connectivity index (χ0n) is 10.3. The third kappa shape index (κ3) is 3.27. The number of benzene rings is 1. The van der Waals surface area contributed by atoms with Gasteiger partial charge in [-0.25, -0.2) is 9.37 Å². The van der Waals surface area contributed by atoms with Crippen LogP contribution in [0.5, 0.6) is 11.6 Å². The van der Waals surface area contributed by atoms with Gasteiger partial charge in [0, 0.05) is 13.1 Å². The number of nitrogens with one attached hydrogen (secondary N) is 1. The smallest absolute Gasteiger partial charge is 0.225 e. The fraction of sp³-hybridized carbons (Fsp3) is 0.167. The maximum absolute atomic E-state index is 13.7. The number of nitrogens with zero attached hydrogens (tertiary/aromatic N) is 2. The molecule has 0 bridgehead atoms. The molecule has 4 nitrogen and oxygen atoms in total. The van der Waals surface area contributed by atoms with E-state index in [0.29, 0.717) is 11.0 Å². The molecule has 0 saturated heterocycles. The molecule has 1 aromatic carbocycles. The highest BCUT2D eigenvalue weighted by atomic mass is 35.5. The van der Waals surface area contributed by atoms with Crippen molar-refractivity contribution < 1.29 is 9.13 Å². The normalized spacial score (nSPS) is 10.3. The van der Waals surface area contributed by atoms with Crippen LogP contribution in [0.15, 0.2) is 29.4 Å². The lowest BCUT2D eigenvalue weighted by Crippen LogP contribution is -1.99. The third-order valence-corrected chi connectivity index (χ3v) is 3.09. The van der Waals surface area contributed by atoms with Crippen LogP contribution in [0, 0.1) is 5.82 Å². The quantitative estimate of drug-likeness (QED) is 0.687. The molecule has 0 fully saturated rings. The molecule has 0 amide bonds. The largest absolute Gasteiger partial charge is 0.436 e. The van der Waals surface area contributed by atoms with Crippen LogP contribution in [0.3, 0.4) is 0 Å². The zero-order chi connectivity index (χ0) is 13.8. The Morgan fingerprint density at radius 2 is 2.16 bits per heavy atom. The Hall–Kier alpha value is -1.53. The topological polar surface area (TPSA) is 47.0 Å². The number of hydrogen-bond donors (Lipinski definition) is 1. The first-order chi connectivity index (χ1) is 9.13. The summed E-state index contributed by atoms with van der Waals surface area (Å²) in [6, 6.07) is 6.13. The van der Waals surface area contributed by atoms with Crippen molar-refractivity contribution in [1.82, 2.24) is 9.97 Å². The van der Waals surface area contributed by atoms with Crippen LogP contribution in [-0.2, 0) is 0 Å². The standard InChI is InChI=1S/C12H11ClFN3OS/c1-15-9-6-10(17-12(16-9)19-2)18-8-5-3-4-7(13)11(8)14/h3-6H,1-2H3,(H,15,16,17). The molecular weight excluding hydrogens is 289 g/mol. The van der Waals surface area contributed by atoms with Crippen molar-refractivity contribution in [1.29, 1.82) is 0 Å². The van der Waals surface area contributed by atoms with E-state index in [2.05, 4.69) is 15.3 Å². The summed E-state index contributed by atoms with van der Waals surface area (Å²) >= 11 is 7.06. The minimum atomic E-state index is -0.612. The van der Waals surface area contributed by atoms with Crippen molar-refractivity contribution >= 4 is 29.2 Å². The maximum Gasteiger partial charge on any atom is 0.225 e. The van der Waals surface area contributed by atoms with E-state index in [1.807, 2.05) is 6.26 Å². The second-order valence-electron chi connectivity index (χ2n) is 3.48. The van der Waals surface area contributed by atoms with E-state index in [1.165, 1.54) is 23.9 Å². The minimum absolute atomic E-state index is 0.00508. The highest BCUT2D eigenvalue weighted by Gasteiger charge is 2.11. The summed E-state index contributed by atoms with van der Waals surface area (Å²) in [6.07, 6.45) is 1.85. The predicted octanol–water partition coefficient (Wildman–Crippen LogP) is 3.83. The molecule has 0 aliphatic rings. The van der Waals surface area contributed by atoms with Gasteiger partial charge in [-0.2, -0.15) is 4.98 Å². The first-order valence-electron chi connectivity index (χ1n) is 5.36. The monoisotopic (exact) mass is 299 g/mol. The van der Waals surface area contributed by atoms with Crippen molar-refractivity contribution in [2.24, 2.45) is 0 Å². The molecule has 7 heteroatoms. The molecule has 19 heavy (non-hydrogen) atoms. The van der Waals surface area contributed by atoms with Gasteiger partial charge in [0.25, 0.3) is 0 Å². The van der Waals surface area contributed by atoms with Crippen molar-refractivity contribution in [3.05, 3.63) is 35.1 Å². The van der Waals surface area contributed by atoms with E-state index in [0.717, 1.165) is 0 Å². The Morgan fingerprint density at radius 3 is 2.84 bits per heavy atom. The molecule has 0 spiro atoms. The lowest BCUT2D eigenvalue weighted by molar-refractivity contribution is 0.423. The number of ether oxygens (including phenoxy) is 1. The number of hydrogen-bond acceptors (Lipinski definition) is 5. The highest BCUT2D eigenvalue weighted by molar-refractivity contribution is 7.98. The fourth-order valence-corrected chi connectivity index (χ4v) is 1.89. The average Bonchev–Trinajstić information content (AvgIpc) is 2.43. The Kier molecular flexibility index (Phi) is 4.44. The van der Waals surface area contributed by atoms with Gasteiger partial charge in [-0.1, -0.05) is 29.4 Å². The molecule has 0 saturated carbocycles. The fourth-order valence-electron chi connectivity index (χ4n) is 1.35. The van der Waals surface area contributed by atoms with Crippen LogP contribution in [0.4, 0.5) is 10.2 Å². The lowest BCUT2D eigenvalue weighted by Gasteiger charge is -2.09. The molecule has 0 aliphatic carbocycles. The molecule has 0 aliphatic heterocycles. The van der Waals surface area contributed by atoms with Crippen LogP contribution in [-0.4, -0.2) is 23.3 Å². The Labute approximate surface area is 119 Å². The van der Waals surface area contributed by atoms with Crippen molar-refractivity contribution in [3.8, 4) is 11.6 Å². The van der Waals surface area contributed by atoms with E-state index in [9.17, 15) is 4.39 Å². The van der Waals surface area contributed by atoms with Gasteiger partial charge in [0.15, 0.2) is 16.7 Å². The SMILES string of the molecule is CNc1cc(Oc2cccc(Cl)c2F)nc(SC)n1. The van der Waals surface area contributed by atoms with Crippen molar-refractivity contribution in [2.45, 2.75) is 5.16 Å². The summed E-state index contributed by atoms with van der Waals surface area (Å²) in [5, 5.41) is 3.43. The summed E-state index contributed by atoms with van der Waals surface area (Å²) in [7, 11) is 1.73. The van der Waals surface area contributed by atoms with Crippen LogP contribution < -0.4 is 10.1 Å². The molecule has 2 rings (SSSR count). The van der Waals surface area contributed by atoms with Gasteiger partial charge in [0.05, 0.1) is 5.02 Å². The van der Waals surface area contributed by atoms with E-state index in [4.69, 9.17) is 16.3 Å². The first-order valence-corrected chi connectivity index (χ1v) is 6.97. The predicted molar refractivity (Wildman–Crippen MR) is 74.8 cm³/mol. The van der Waals surface area contributed by atoms with Crippen LogP contribution in [0.25, 0.3) is 0 Å². The number of anilines is 1. The Balaban J connectivity index is 2.34.